The van der Waals surface area contributed by atoms with Crippen LogP contribution in [0.2, 0.25) is 0 Å². The number of rotatable bonds is 1. The second kappa shape index (κ2) is 2.77. The van der Waals surface area contributed by atoms with Crippen molar-refractivity contribution in [3.8, 4) is 0 Å². The molecule has 1 aliphatic carbocycles. The molecule has 0 amide bonds. The molecule has 2 fully saturated rings. The van der Waals surface area contributed by atoms with Crippen LogP contribution >= 0.6 is 0 Å². The van der Waals surface area contributed by atoms with Crippen molar-refractivity contribution in [2.75, 3.05) is 19.6 Å². The number of hydrogen-bond donors (Lipinski definition) is 1. The van der Waals surface area contributed by atoms with Crippen LogP contribution < -0.4 is 5.32 Å². The molecule has 0 unspecified atom stereocenters. The number of hydrogen-bond acceptors (Lipinski definition) is 2. The molecule has 0 radical (unpaired) electrons. The van der Waals surface area contributed by atoms with Gasteiger partial charge in [-0.15, -0.1) is 0 Å². The van der Waals surface area contributed by atoms with E-state index in [2.05, 4.69) is 23.7 Å². The smallest absolute Gasteiger partial charge is 0.0360 e. The Morgan fingerprint density at radius 1 is 1.58 bits per heavy atom. The third-order valence-electron chi connectivity index (χ3n) is 3.30. The van der Waals surface area contributed by atoms with E-state index in [0.717, 1.165) is 13.1 Å². The second-order valence-electron chi connectivity index (χ2n) is 4.07. The van der Waals surface area contributed by atoms with Gasteiger partial charge in [0, 0.05) is 30.9 Å². The summed E-state index contributed by atoms with van der Waals surface area (Å²) in [6, 6.07) is 0. The maximum Gasteiger partial charge on any atom is 0.0360 e. The molecule has 2 heteroatoms. The Hall–Kier alpha value is -0.500. The first-order valence-corrected chi connectivity index (χ1v) is 4.93. The van der Waals surface area contributed by atoms with Crippen molar-refractivity contribution in [3.63, 3.8) is 0 Å². The average Bonchev–Trinajstić information content (AvgIpc) is 2.03. The van der Waals surface area contributed by atoms with Crippen molar-refractivity contribution in [1.82, 2.24) is 10.2 Å². The Kier molecular flexibility index (Phi) is 1.87. The average molecular weight is 166 g/mol. The highest BCUT2D eigenvalue weighted by Crippen LogP contribution is 2.35. The summed E-state index contributed by atoms with van der Waals surface area (Å²) in [5.41, 5.74) is 1.73. The van der Waals surface area contributed by atoms with Crippen LogP contribution in [0.15, 0.2) is 12.3 Å². The van der Waals surface area contributed by atoms with Gasteiger partial charge in [0.2, 0.25) is 0 Å². The molecule has 1 aliphatic heterocycles. The number of nitrogens with zero attached hydrogens (tertiary/aromatic N) is 1. The summed E-state index contributed by atoms with van der Waals surface area (Å²) in [4.78, 5) is 2.41. The van der Waals surface area contributed by atoms with Crippen molar-refractivity contribution >= 4 is 0 Å². The predicted molar refractivity (Wildman–Crippen MR) is 51.0 cm³/mol. The summed E-state index contributed by atoms with van der Waals surface area (Å²) in [5.74, 6) is 0. The molecule has 12 heavy (non-hydrogen) atoms. The molecule has 0 aromatic carbocycles. The van der Waals surface area contributed by atoms with Gasteiger partial charge in [-0.2, -0.15) is 0 Å². The van der Waals surface area contributed by atoms with Crippen molar-refractivity contribution in [1.29, 1.82) is 0 Å². The van der Waals surface area contributed by atoms with Gasteiger partial charge in [-0.1, -0.05) is 6.58 Å². The van der Waals surface area contributed by atoms with E-state index in [9.17, 15) is 0 Å². The van der Waals surface area contributed by atoms with Crippen molar-refractivity contribution in [2.24, 2.45) is 0 Å². The molecular formula is C10H18N2. The first kappa shape index (κ1) is 8.11. The van der Waals surface area contributed by atoms with Gasteiger partial charge >= 0.3 is 0 Å². The number of nitrogens with one attached hydrogen (secondary N) is 1. The fourth-order valence-electron chi connectivity index (χ4n) is 2.21. The van der Waals surface area contributed by atoms with Gasteiger partial charge in [0.25, 0.3) is 0 Å². The van der Waals surface area contributed by atoms with Crippen molar-refractivity contribution < 1.29 is 0 Å². The Morgan fingerprint density at radius 2 is 2.33 bits per heavy atom. The van der Waals surface area contributed by atoms with E-state index in [1.807, 2.05) is 0 Å². The van der Waals surface area contributed by atoms with Gasteiger partial charge in [-0.25, -0.2) is 0 Å². The van der Waals surface area contributed by atoms with E-state index in [0.29, 0.717) is 5.54 Å². The van der Waals surface area contributed by atoms with Crippen LogP contribution in [0, 0.1) is 0 Å². The third-order valence-corrected chi connectivity index (χ3v) is 3.30. The van der Waals surface area contributed by atoms with Gasteiger partial charge in [0.1, 0.15) is 0 Å². The van der Waals surface area contributed by atoms with Gasteiger partial charge in [-0.3, -0.25) is 0 Å². The topological polar surface area (TPSA) is 15.3 Å². The highest BCUT2D eigenvalue weighted by atomic mass is 15.2. The standard InChI is InChI=1S/C10H18N2/c1-3-12-8-10(5-4-6-10)11-7-9(12)2/h11H,2-8H2,1H3. The molecule has 1 saturated carbocycles. The fourth-order valence-corrected chi connectivity index (χ4v) is 2.21. The molecule has 0 aromatic rings. The summed E-state index contributed by atoms with van der Waals surface area (Å²) >= 11 is 0. The van der Waals surface area contributed by atoms with E-state index < -0.39 is 0 Å². The Morgan fingerprint density at radius 3 is 2.83 bits per heavy atom. The number of likely N-dealkylation sites (N-methyl/N-ethyl adjacent to an activating group) is 1. The molecule has 0 bridgehead atoms. The Balaban J connectivity index is 2.01. The molecule has 2 rings (SSSR count). The first-order valence-electron chi connectivity index (χ1n) is 4.93. The highest BCUT2D eigenvalue weighted by molar-refractivity contribution is 5.11. The number of piperazine rings is 1. The normalized spacial score (nSPS) is 27.4. The van der Waals surface area contributed by atoms with Crippen molar-refractivity contribution in [3.05, 3.63) is 12.3 Å². The zero-order valence-electron chi connectivity index (χ0n) is 7.90. The Bertz CT molecular complexity index is 194. The van der Waals surface area contributed by atoms with E-state index in [1.165, 1.54) is 31.5 Å². The molecule has 1 saturated heterocycles. The molecule has 0 aromatic heterocycles. The largest absolute Gasteiger partial charge is 0.373 e. The molecule has 1 N–H and O–H groups in total. The summed E-state index contributed by atoms with van der Waals surface area (Å²) in [6.45, 7) is 9.56. The van der Waals surface area contributed by atoms with Crippen LogP contribution in [-0.4, -0.2) is 30.1 Å². The molecule has 0 atom stereocenters. The zero-order chi connectivity index (χ0) is 8.60. The lowest BCUT2D eigenvalue weighted by atomic mass is 9.75. The van der Waals surface area contributed by atoms with Crippen LogP contribution in [0.25, 0.3) is 0 Å². The minimum absolute atomic E-state index is 0.469. The molecule has 68 valence electrons. The molecule has 1 spiro atoms. The van der Waals surface area contributed by atoms with E-state index in [4.69, 9.17) is 0 Å². The SMILES string of the molecule is C=C1CNC2(CCC2)CN1CC. The fraction of sp³-hybridized carbons (Fsp3) is 0.800. The molecule has 1 heterocycles. The third kappa shape index (κ3) is 1.14. The maximum atomic E-state index is 4.05. The highest BCUT2D eigenvalue weighted by Gasteiger charge is 2.40. The molecule has 2 nitrogen and oxygen atoms in total. The van der Waals surface area contributed by atoms with Crippen LogP contribution in [-0.2, 0) is 0 Å². The van der Waals surface area contributed by atoms with E-state index >= 15 is 0 Å². The maximum absolute atomic E-state index is 4.05. The van der Waals surface area contributed by atoms with Gasteiger partial charge < -0.3 is 10.2 Å². The first-order chi connectivity index (χ1) is 5.76. The molecule has 2 aliphatic rings. The van der Waals surface area contributed by atoms with Gasteiger partial charge in [0.05, 0.1) is 0 Å². The summed E-state index contributed by atoms with van der Waals surface area (Å²) in [5, 5.41) is 3.60. The predicted octanol–water partition coefficient (Wildman–Crippen LogP) is 1.35. The lowest BCUT2D eigenvalue weighted by Crippen LogP contribution is -2.62. The van der Waals surface area contributed by atoms with Crippen LogP contribution in [0.1, 0.15) is 26.2 Å². The Labute approximate surface area is 74.6 Å². The van der Waals surface area contributed by atoms with Crippen molar-refractivity contribution in [2.45, 2.75) is 31.7 Å². The zero-order valence-corrected chi connectivity index (χ0v) is 7.90. The summed E-state index contributed by atoms with van der Waals surface area (Å²) in [6.07, 6.45) is 4.12. The van der Waals surface area contributed by atoms with Crippen LogP contribution in [0.3, 0.4) is 0 Å². The lowest BCUT2D eigenvalue weighted by Gasteiger charge is -2.50. The quantitative estimate of drug-likeness (QED) is 0.632. The van der Waals surface area contributed by atoms with Gasteiger partial charge in [0.15, 0.2) is 0 Å². The minimum Gasteiger partial charge on any atom is -0.373 e. The molecular weight excluding hydrogens is 148 g/mol. The van der Waals surface area contributed by atoms with Crippen LogP contribution in [0.5, 0.6) is 0 Å². The summed E-state index contributed by atoms with van der Waals surface area (Å²) < 4.78 is 0. The lowest BCUT2D eigenvalue weighted by molar-refractivity contribution is 0.102. The monoisotopic (exact) mass is 166 g/mol. The summed E-state index contributed by atoms with van der Waals surface area (Å²) in [7, 11) is 0. The minimum atomic E-state index is 0.469. The van der Waals surface area contributed by atoms with Crippen LogP contribution in [0.4, 0.5) is 0 Å². The van der Waals surface area contributed by atoms with E-state index in [1.54, 1.807) is 0 Å². The second-order valence-corrected chi connectivity index (χ2v) is 4.07. The van der Waals surface area contributed by atoms with Gasteiger partial charge in [-0.05, 0) is 26.2 Å². The van der Waals surface area contributed by atoms with E-state index in [-0.39, 0.29) is 0 Å².